The van der Waals surface area contributed by atoms with Crippen LogP contribution in [0.5, 0.6) is 0 Å². The van der Waals surface area contributed by atoms with E-state index in [1.165, 1.54) is 16.1 Å². The first-order valence-electron chi connectivity index (χ1n) is 6.48. The van der Waals surface area contributed by atoms with Gasteiger partial charge in [-0.2, -0.15) is 9.40 Å². The average Bonchev–Trinajstić information content (AvgIpc) is 2.71. The number of aromatic nitrogens is 2. The second-order valence-electron chi connectivity index (χ2n) is 4.87. The summed E-state index contributed by atoms with van der Waals surface area (Å²) in [4.78, 5) is 11.7. The summed E-state index contributed by atoms with van der Waals surface area (Å²) < 4.78 is 38.2. The minimum Gasteiger partial charge on any atom is -0.467 e. The molecule has 21 heavy (non-hydrogen) atoms. The third-order valence-electron chi connectivity index (χ3n) is 3.53. The Labute approximate surface area is 123 Å². The minimum absolute atomic E-state index is 0.0528. The number of aryl methyl sites for hydroxylation is 2. The van der Waals surface area contributed by atoms with Crippen molar-refractivity contribution in [2.75, 3.05) is 26.8 Å². The highest BCUT2D eigenvalue weighted by molar-refractivity contribution is 7.89. The van der Waals surface area contributed by atoms with Gasteiger partial charge in [0, 0.05) is 13.6 Å². The maximum atomic E-state index is 12.8. The van der Waals surface area contributed by atoms with Gasteiger partial charge in [0.05, 0.1) is 31.6 Å². The van der Waals surface area contributed by atoms with Gasteiger partial charge >= 0.3 is 5.97 Å². The number of carbonyl (C=O) groups excluding carboxylic acids is 1. The number of hydrogen-bond acceptors (Lipinski definition) is 6. The van der Waals surface area contributed by atoms with Crippen molar-refractivity contribution < 1.29 is 22.7 Å². The number of morpholine rings is 1. The molecular weight excluding hydrogens is 298 g/mol. The van der Waals surface area contributed by atoms with Gasteiger partial charge in [-0.1, -0.05) is 0 Å². The van der Waals surface area contributed by atoms with Gasteiger partial charge in [0.25, 0.3) is 0 Å². The van der Waals surface area contributed by atoms with Crippen LogP contribution in [0.2, 0.25) is 0 Å². The number of sulfonamides is 1. The highest BCUT2D eigenvalue weighted by Crippen LogP contribution is 2.24. The Morgan fingerprint density at radius 1 is 1.43 bits per heavy atom. The zero-order valence-electron chi connectivity index (χ0n) is 12.5. The van der Waals surface area contributed by atoms with Crippen molar-refractivity contribution >= 4 is 16.0 Å². The van der Waals surface area contributed by atoms with Gasteiger partial charge < -0.3 is 9.47 Å². The summed E-state index contributed by atoms with van der Waals surface area (Å²) in [6.45, 7) is 3.65. The average molecular weight is 317 g/mol. The third kappa shape index (κ3) is 2.81. The van der Waals surface area contributed by atoms with Gasteiger partial charge in [-0.25, -0.2) is 13.2 Å². The van der Waals surface area contributed by atoms with Crippen LogP contribution < -0.4 is 0 Å². The molecule has 2 heterocycles. The van der Waals surface area contributed by atoms with Gasteiger partial charge in [-0.15, -0.1) is 0 Å². The van der Waals surface area contributed by atoms with E-state index in [4.69, 9.17) is 4.74 Å². The van der Waals surface area contributed by atoms with Crippen LogP contribution in [-0.4, -0.2) is 61.4 Å². The Bertz CT molecular complexity index is 652. The summed E-state index contributed by atoms with van der Waals surface area (Å²) in [6, 6.07) is 0. The molecule has 0 bridgehead atoms. The molecule has 2 rings (SSSR count). The number of carbonyl (C=O) groups is 1. The van der Waals surface area contributed by atoms with Crippen molar-refractivity contribution in [1.82, 2.24) is 14.1 Å². The highest BCUT2D eigenvalue weighted by atomic mass is 32.2. The summed E-state index contributed by atoms with van der Waals surface area (Å²) >= 11 is 0. The Balaban J connectivity index is 2.33. The molecule has 0 spiro atoms. The highest BCUT2D eigenvalue weighted by Gasteiger charge is 2.37. The summed E-state index contributed by atoms with van der Waals surface area (Å²) in [5.74, 6) is -0.575. The van der Waals surface area contributed by atoms with Crippen LogP contribution in [0.25, 0.3) is 0 Å². The maximum Gasteiger partial charge on any atom is 0.336 e. The number of ether oxygens (including phenoxy) is 2. The molecule has 9 heteroatoms. The van der Waals surface area contributed by atoms with Crippen LogP contribution in [-0.2, 0) is 31.3 Å². The van der Waals surface area contributed by atoms with Crippen molar-refractivity contribution in [3.8, 4) is 0 Å². The van der Waals surface area contributed by atoms with Crippen LogP contribution in [0.1, 0.15) is 11.4 Å². The van der Waals surface area contributed by atoms with Gasteiger partial charge in [-0.3, -0.25) is 4.68 Å². The standard InChI is InChI=1S/C12H19N3O5S/c1-8-11(9(2)14(3)13-8)21(17,18)15-5-6-20-10(7-15)12(16)19-4/h10H,5-7H2,1-4H3. The van der Waals surface area contributed by atoms with Crippen molar-refractivity contribution in [2.45, 2.75) is 24.8 Å². The van der Waals surface area contributed by atoms with Crippen LogP contribution >= 0.6 is 0 Å². The van der Waals surface area contributed by atoms with E-state index in [9.17, 15) is 13.2 Å². The lowest BCUT2D eigenvalue weighted by atomic mass is 10.3. The molecule has 1 saturated heterocycles. The third-order valence-corrected chi connectivity index (χ3v) is 5.65. The molecule has 0 N–H and O–H groups in total. The Hall–Kier alpha value is -1.45. The van der Waals surface area contributed by atoms with Gasteiger partial charge in [0.2, 0.25) is 10.0 Å². The molecule has 1 unspecified atom stereocenters. The van der Waals surface area contributed by atoms with Crippen LogP contribution in [0.4, 0.5) is 0 Å². The maximum absolute atomic E-state index is 12.8. The molecular formula is C12H19N3O5S. The fourth-order valence-corrected chi connectivity index (χ4v) is 4.20. The SMILES string of the molecule is COC(=O)C1CN(S(=O)(=O)c2c(C)nn(C)c2C)CCO1. The van der Waals surface area contributed by atoms with E-state index in [2.05, 4.69) is 9.84 Å². The Kier molecular flexibility index (Phi) is 4.35. The van der Waals surface area contributed by atoms with Crippen LogP contribution in [0.15, 0.2) is 4.90 Å². The molecule has 1 aromatic rings. The zero-order chi connectivity index (χ0) is 15.8. The number of rotatable bonds is 3. The van der Waals surface area contributed by atoms with E-state index in [0.717, 1.165) is 0 Å². The van der Waals surface area contributed by atoms with E-state index in [-0.39, 0.29) is 24.6 Å². The molecule has 118 valence electrons. The van der Waals surface area contributed by atoms with Gasteiger partial charge in [0.15, 0.2) is 6.10 Å². The molecule has 1 atom stereocenters. The first kappa shape index (κ1) is 15.9. The van der Waals surface area contributed by atoms with Crippen molar-refractivity contribution in [2.24, 2.45) is 7.05 Å². The Morgan fingerprint density at radius 3 is 2.62 bits per heavy atom. The van der Waals surface area contributed by atoms with E-state index in [1.807, 2.05) is 0 Å². The lowest BCUT2D eigenvalue weighted by Gasteiger charge is -2.30. The molecule has 8 nitrogen and oxygen atoms in total. The van der Waals surface area contributed by atoms with E-state index in [0.29, 0.717) is 11.4 Å². The molecule has 0 radical (unpaired) electrons. The van der Waals surface area contributed by atoms with Crippen molar-refractivity contribution in [3.63, 3.8) is 0 Å². The molecule has 1 fully saturated rings. The number of methoxy groups -OCH3 is 1. The first-order valence-corrected chi connectivity index (χ1v) is 7.92. The quantitative estimate of drug-likeness (QED) is 0.705. The first-order chi connectivity index (χ1) is 9.78. The topological polar surface area (TPSA) is 90.7 Å². The fourth-order valence-electron chi connectivity index (χ4n) is 2.37. The molecule has 1 aromatic heterocycles. The van der Waals surface area contributed by atoms with E-state index in [1.54, 1.807) is 20.9 Å². The number of nitrogens with zero attached hydrogens (tertiary/aromatic N) is 3. The predicted molar refractivity (Wildman–Crippen MR) is 73.2 cm³/mol. The fraction of sp³-hybridized carbons (Fsp3) is 0.667. The number of hydrogen-bond donors (Lipinski definition) is 0. The van der Waals surface area contributed by atoms with E-state index < -0.39 is 22.1 Å². The lowest BCUT2D eigenvalue weighted by molar-refractivity contribution is -0.157. The zero-order valence-corrected chi connectivity index (χ0v) is 13.3. The van der Waals surface area contributed by atoms with Crippen LogP contribution in [0, 0.1) is 13.8 Å². The van der Waals surface area contributed by atoms with Crippen LogP contribution in [0.3, 0.4) is 0 Å². The molecule has 1 aliphatic rings. The smallest absolute Gasteiger partial charge is 0.336 e. The summed E-state index contributed by atoms with van der Waals surface area (Å²) in [7, 11) is -0.778. The number of esters is 1. The van der Waals surface area contributed by atoms with Crippen molar-refractivity contribution in [3.05, 3.63) is 11.4 Å². The summed E-state index contributed by atoms with van der Waals surface area (Å²) in [5, 5.41) is 4.13. The van der Waals surface area contributed by atoms with Gasteiger partial charge in [0.1, 0.15) is 4.90 Å². The van der Waals surface area contributed by atoms with Crippen molar-refractivity contribution in [1.29, 1.82) is 0 Å². The Morgan fingerprint density at radius 2 is 2.10 bits per heavy atom. The second kappa shape index (κ2) is 5.74. The summed E-state index contributed by atoms with van der Waals surface area (Å²) in [5.41, 5.74) is 1.00. The van der Waals surface area contributed by atoms with E-state index >= 15 is 0 Å². The van der Waals surface area contributed by atoms with Gasteiger partial charge in [-0.05, 0) is 13.8 Å². The molecule has 0 saturated carbocycles. The molecule has 0 aromatic carbocycles. The second-order valence-corrected chi connectivity index (χ2v) is 6.74. The lowest BCUT2D eigenvalue weighted by Crippen LogP contribution is -2.48. The monoisotopic (exact) mass is 317 g/mol. The molecule has 0 aliphatic carbocycles. The predicted octanol–water partition coefficient (Wildman–Crippen LogP) is -0.401. The molecule has 0 amide bonds. The molecule has 1 aliphatic heterocycles. The summed E-state index contributed by atoms with van der Waals surface area (Å²) in [6.07, 6.45) is -0.893. The largest absolute Gasteiger partial charge is 0.467 e. The minimum atomic E-state index is -3.71. The normalized spacial score (nSPS) is 20.5.